The summed E-state index contributed by atoms with van der Waals surface area (Å²) in [6.07, 6.45) is 8.97. The number of nitrogens with one attached hydrogen (secondary N) is 2. The zero-order valence-corrected chi connectivity index (χ0v) is 16.5. The Hall–Kier alpha value is -4.20. The Balaban J connectivity index is 1.79. The molecule has 0 spiro atoms. The largest absolute Gasteiger partial charge is 0.504 e. The van der Waals surface area contributed by atoms with E-state index in [4.69, 9.17) is 0 Å². The lowest BCUT2D eigenvalue weighted by Crippen LogP contribution is -2.34. The van der Waals surface area contributed by atoms with Crippen LogP contribution in [-0.4, -0.2) is 32.2 Å². The maximum absolute atomic E-state index is 12.8. The van der Waals surface area contributed by atoms with Gasteiger partial charge in [0.15, 0.2) is 23.0 Å². The SMILES string of the molecule is O=C(NCc1ccc(O)c(O)c1)C(=CC1=CCCC=C1)NC(=O)c1ccc(O)c(O)c1. The van der Waals surface area contributed by atoms with Crippen LogP contribution in [-0.2, 0) is 11.3 Å². The Morgan fingerprint density at radius 1 is 0.903 bits per heavy atom. The van der Waals surface area contributed by atoms with E-state index in [0.717, 1.165) is 24.5 Å². The Labute approximate surface area is 178 Å². The number of hydrogen-bond acceptors (Lipinski definition) is 6. The number of rotatable bonds is 6. The number of allylic oxidation sites excluding steroid dienone is 5. The number of aromatic hydroxyl groups is 4. The van der Waals surface area contributed by atoms with Crippen LogP contribution in [0.25, 0.3) is 0 Å². The topological polar surface area (TPSA) is 139 Å². The van der Waals surface area contributed by atoms with Gasteiger partial charge in [-0.3, -0.25) is 9.59 Å². The Kier molecular flexibility index (Phi) is 6.61. The fraction of sp³-hybridized carbons (Fsp3) is 0.130. The van der Waals surface area contributed by atoms with Gasteiger partial charge in [-0.15, -0.1) is 0 Å². The first-order valence-corrected chi connectivity index (χ1v) is 9.54. The lowest BCUT2D eigenvalue weighted by Gasteiger charge is -2.13. The van der Waals surface area contributed by atoms with Gasteiger partial charge in [0.05, 0.1) is 0 Å². The second-order valence-corrected chi connectivity index (χ2v) is 6.91. The zero-order valence-electron chi connectivity index (χ0n) is 16.5. The molecule has 0 saturated carbocycles. The quantitative estimate of drug-likeness (QED) is 0.313. The highest BCUT2D eigenvalue weighted by atomic mass is 16.3. The van der Waals surface area contributed by atoms with Gasteiger partial charge in [-0.2, -0.15) is 0 Å². The van der Waals surface area contributed by atoms with Crippen LogP contribution < -0.4 is 10.6 Å². The molecule has 6 N–H and O–H groups in total. The van der Waals surface area contributed by atoms with Crippen molar-refractivity contribution in [2.45, 2.75) is 19.4 Å². The highest BCUT2D eigenvalue weighted by molar-refractivity contribution is 6.03. The van der Waals surface area contributed by atoms with E-state index in [2.05, 4.69) is 10.6 Å². The molecule has 0 unspecified atom stereocenters. The number of carbonyl (C=O) groups excluding carboxylic acids is 2. The third-order valence-electron chi connectivity index (χ3n) is 4.56. The molecule has 1 aliphatic rings. The van der Waals surface area contributed by atoms with Crippen LogP contribution in [0.3, 0.4) is 0 Å². The number of phenols is 4. The van der Waals surface area contributed by atoms with Crippen LogP contribution in [0.2, 0.25) is 0 Å². The molecule has 160 valence electrons. The highest BCUT2D eigenvalue weighted by Gasteiger charge is 2.16. The van der Waals surface area contributed by atoms with E-state index >= 15 is 0 Å². The first-order valence-electron chi connectivity index (χ1n) is 9.54. The summed E-state index contributed by atoms with van der Waals surface area (Å²) in [4.78, 5) is 25.4. The molecule has 0 bridgehead atoms. The van der Waals surface area contributed by atoms with E-state index in [1.807, 2.05) is 18.2 Å². The summed E-state index contributed by atoms with van der Waals surface area (Å²) < 4.78 is 0. The van der Waals surface area contributed by atoms with Gasteiger partial charge in [-0.05, 0) is 60.4 Å². The molecule has 31 heavy (non-hydrogen) atoms. The lowest BCUT2D eigenvalue weighted by molar-refractivity contribution is -0.118. The average molecular weight is 422 g/mol. The van der Waals surface area contributed by atoms with Crippen LogP contribution in [0.15, 0.2) is 72.0 Å². The highest BCUT2D eigenvalue weighted by Crippen LogP contribution is 2.26. The Bertz CT molecular complexity index is 1100. The third-order valence-corrected chi connectivity index (χ3v) is 4.56. The molecule has 0 aliphatic heterocycles. The molecule has 0 heterocycles. The van der Waals surface area contributed by atoms with Crippen molar-refractivity contribution in [2.24, 2.45) is 0 Å². The van der Waals surface area contributed by atoms with Crippen molar-refractivity contribution >= 4 is 11.8 Å². The van der Waals surface area contributed by atoms with Gasteiger partial charge in [-0.25, -0.2) is 0 Å². The molecule has 3 rings (SSSR count). The summed E-state index contributed by atoms with van der Waals surface area (Å²) in [5, 5.41) is 43.2. The van der Waals surface area contributed by atoms with Crippen LogP contribution in [0.1, 0.15) is 28.8 Å². The predicted molar refractivity (Wildman–Crippen MR) is 113 cm³/mol. The molecular weight excluding hydrogens is 400 g/mol. The standard InChI is InChI=1S/C23H22N2O6/c26-18-8-6-15(11-20(18)28)13-24-23(31)17(10-14-4-2-1-3-5-14)25-22(30)16-7-9-19(27)21(29)12-16/h2,4-12,26-29H,1,3,13H2,(H,24,31)(H,25,30). The van der Waals surface area contributed by atoms with Gasteiger partial charge in [-0.1, -0.05) is 24.3 Å². The summed E-state index contributed by atoms with van der Waals surface area (Å²) in [5.41, 5.74) is 1.35. The van der Waals surface area contributed by atoms with E-state index in [1.54, 1.807) is 6.07 Å². The number of amides is 2. The van der Waals surface area contributed by atoms with E-state index in [1.165, 1.54) is 30.3 Å². The van der Waals surface area contributed by atoms with Crippen molar-refractivity contribution < 1.29 is 30.0 Å². The van der Waals surface area contributed by atoms with Crippen LogP contribution in [0.5, 0.6) is 23.0 Å². The van der Waals surface area contributed by atoms with Crippen LogP contribution in [0.4, 0.5) is 0 Å². The summed E-state index contributed by atoms with van der Waals surface area (Å²) in [6, 6.07) is 7.77. The van der Waals surface area contributed by atoms with Gasteiger partial charge in [0.1, 0.15) is 5.70 Å². The van der Waals surface area contributed by atoms with Crippen LogP contribution >= 0.6 is 0 Å². The molecule has 0 fully saturated rings. The fourth-order valence-electron chi connectivity index (χ4n) is 2.88. The zero-order chi connectivity index (χ0) is 22.4. The van der Waals surface area contributed by atoms with Crippen molar-refractivity contribution in [3.8, 4) is 23.0 Å². The molecule has 8 nitrogen and oxygen atoms in total. The van der Waals surface area contributed by atoms with E-state index in [0.29, 0.717) is 5.56 Å². The van der Waals surface area contributed by atoms with Gasteiger partial charge in [0.2, 0.25) is 0 Å². The number of phenolic OH excluding ortho intramolecular Hbond substituents is 4. The van der Waals surface area contributed by atoms with Gasteiger partial charge in [0.25, 0.3) is 11.8 Å². The summed E-state index contributed by atoms with van der Waals surface area (Å²) in [7, 11) is 0. The molecule has 0 radical (unpaired) electrons. The number of carbonyl (C=O) groups is 2. The molecule has 8 heteroatoms. The van der Waals surface area contributed by atoms with Gasteiger partial charge >= 0.3 is 0 Å². The van der Waals surface area contributed by atoms with E-state index in [9.17, 15) is 30.0 Å². The minimum absolute atomic E-state index is 0.0154. The summed E-state index contributed by atoms with van der Waals surface area (Å²) >= 11 is 0. The minimum Gasteiger partial charge on any atom is -0.504 e. The molecule has 2 amide bonds. The second-order valence-electron chi connectivity index (χ2n) is 6.91. The molecule has 1 aliphatic carbocycles. The third kappa shape index (κ3) is 5.66. The first kappa shape index (κ1) is 21.5. The van der Waals surface area contributed by atoms with Crippen molar-refractivity contribution in [2.75, 3.05) is 0 Å². The number of benzene rings is 2. The lowest BCUT2D eigenvalue weighted by atomic mass is 10.1. The smallest absolute Gasteiger partial charge is 0.268 e. The maximum atomic E-state index is 12.8. The average Bonchev–Trinajstić information content (AvgIpc) is 2.76. The Morgan fingerprint density at radius 3 is 2.26 bits per heavy atom. The molecule has 0 aromatic heterocycles. The molecular formula is C23H22N2O6. The predicted octanol–water partition coefficient (Wildman–Crippen LogP) is 2.72. The van der Waals surface area contributed by atoms with Crippen molar-refractivity contribution in [3.63, 3.8) is 0 Å². The molecule has 2 aromatic rings. The monoisotopic (exact) mass is 422 g/mol. The minimum atomic E-state index is -0.639. The van der Waals surface area contributed by atoms with Crippen molar-refractivity contribution in [1.82, 2.24) is 10.6 Å². The number of hydrogen-bond donors (Lipinski definition) is 6. The Morgan fingerprint density at radius 2 is 1.61 bits per heavy atom. The van der Waals surface area contributed by atoms with Gasteiger partial charge in [0, 0.05) is 12.1 Å². The summed E-state index contributed by atoms with van der Waals surface area (Å²) in [5.74, 6) is -2.59. The van der Waals surface area contributed by atoms with E-state index in [-0.39, 0.29) is 35.1 Å². The van der Waals surface area contributed by atoms with E-state index < -0.39 is 17.6 Å². The van der Waals surface area contributed by atoms with Crippen molar-refractivity contribution in [1.29, 1.82) is 0 Å². The molecule has 0 saturated heterocycles. The molecule has 2 aromatic carbocycles. The van der Waals surface area contributed by atoms with Gasteiger partial charge < -0.3 is 31.1 Å². The first-order chi connectivity index (χ1) is 14.8. The maximum Gasteiger partial charge on any atom is 0.268 e. The molecule has 0 atom stereocenters. The normalized spacial score (nSPS) is 13.4. The van der Waals surface area contributed by atoms with Crippen molar-refractivity contribution in [3.05, 3.63) is 83.1 Å². The summed E-state index contributed by atoms with van der Waals surface area (Å²) in [6.45, 7) is 0.0504. The second kappa shape index (κ2) is 9.53. The van der Waals surface area contributed by atoms with Crippen LogP contribution in [0, 0.1) is 0 Å². The fourth-order valence-corrected chi connectivity index (χ4v) is 2.88.